The highest BCUT2D eigenvalue weighted by atomic mass is 16.5. The molecule has 1 unspecified atom stereocenters. The number of anilines is 1. The number of esters is 1. The van der Waals surface area contributed by atoms with E-state index in [9.17, 15) is 19.2 Å². The average molecular weight is 374 g/mol. The summed E-state index contributed by atoms with van der Waals surface area (Å²) in [5, 5.41) is 15.6. The molecule has 1 atom stereocenters. The summed E-state index contributed by atoms with van der Waals surface area (Å²) in [5.74, 6) is -1.99. The molecule has 0 aliphatic carbocycles. The molecular weight excluding hydrogens is 352 g/mol. The summed E-state index contributed by atoms with van der Waals surface area (Å²) in [5.41, 5.74) is 0.0535. The highest BCUT2D eigenvalue weighted by Gasteiger charge is 2.22. The second-order valence-corrected chi connectivity index (χ2v) is 6.70. The molecule has 0 aliphatic rings. The normalized spacial score (nSPS) is 11.5. The first kappa shape index (κ1) is 21.6. The van der Waals surface area contributed by atoms with Crippen molar-refractivity contribution in [2.75, 3.05) is 5.32 Å². The maximum atomic E-state index is 12.1. The Balaban J connectivity index is 2.59. The topological polar surface area (TPSA) is 137 Å². The first-order valence-corrected chi connectivity index (χ1v) is 8.12. The summed E-state index contributed by atoms with van der Waals surface area (Å²) in [6.07, 6.45) is -1.46. The summed E-state index contributed by atoms with van der Waals surface area (Å²) in [4.78, 5) is 47.0. The van der Waals surface area contributed by atoms with Gasteiger partial charge in [0.2, 0.25) is 5.91 Å². The van der Waals surface area contributed by atoms with Crippen LogP contribution < -0.4 is 16.0 Å². The van der Waals surface area contributed by atoms with E-state index in [0.717, 1.165) is 0 Å². The third-order valence-corrected chi connectivity index (χ3v) is 3.02. The second kappa shape index (κ2) is 9.33. The van der Waals surface area contributed by atoms with Gasteiger partial charge in [0.25, 0.3) is 5.91 Å². The number of nitrogens with zero attached hydrogens (tertiary/aromatic N) is 1. The lowest BCUT2D eigenvalue weighted by Gasteiger charge is -2.21. The van der Waals surface area contributed by atoms with Crippen molar-refractivity contribution >= 4 is 29.5 Å². The fourth-order valence-corrected chi connectivity index (χ4v) is 1.83. The van der Waals surface area contributed by atoms with E-state index < -0.39 is 35.5 Å². The van der Waals surface area contributed by atoms with Crippen LogP contribution in [0.5, 0.6) is 0 Å². The van der Waals surface area contributed by atoms with Crippen LogP contribution in [-0.2, 0) is 14.3 Å². The number of nitriles is 1. The zero-order valence-electron chi connectivity index (χ0n) is 15.6. The first-order valence-electron chi connectivity index (χ1n) is 8.12. The van der Waals surface area contributed by atoms with Gasteiger partial charge in [0, 0.05) is 11.2 Å². The van der Waals surface area contributed by atoms with E-state index in [0.29, 0.717) is 5.69 Å². The summed E-state index contributed by atoms with van der Waals surface area (Å²) in [6, 6.07) is 6.77. The van der Waals surface area contributed by atoms with Crippen LogP contribution in [0.1, 0.15) is 44.5 Å². The molecule has 0 spiro atoms. The number of hydrogen-bond acceptors (Lipinski definition) is 6. The van der Waals surface area contributed by atoms with Crippen LogP contribution in [-0.4, -0.2) is 35.5 Å². The molecule has 1 aromatic carbocycles. The molecule has 9 heteroatoms. The van der Waals surface area contributed by atoms with Gasteiger partial charge in [-0.15, -0.1) is 0 Å². The number of carbonyl (C=O) groups excluding carboxylic acids is 4. The van der Waals surface area contributed by atoms with E-state index >= 15 is 0 Å². The van der Waals surface area contributed by atoms with Gasteiger partial charge in [-0.1, -0.05) is 0 Å². The number of carbonyl (C=O) groups is 4. The molecule has 0 bridgehead atoms. The van der Waals surface area contributed by atoms with E-state index in [1.165, 1.54) is 31.2 Å². The van der Waals surface area contributed by atoms with Gasteiger partial charge in [-0.05, 0) is 52.0 Å². The predicted octanol–water partition coefficient (Wildman–Crippen LogP) is 1.71. The minimum atomic E-state index is -1.18. The van der Waals surface area contributed by atoms with E-state index in [-0.39, 0.29) is 12.0 Å². The van der Waals surface area contributed by atoms with Gasteiger partial charge in [0.05, 0.1) is 11.6 Å². The highest BCUT2D eigenvalue weighted by molar-refractivity contribution is 5.99. The Hall–Kier alpha value is -3.41. The van der Waals surface area contributed by atoms with Crippen molar-refractivity contribution in [3.8, 4) is 6.07 Å². The van der Waals surface area contributed by atoms with Crippen LogP contribution in [0.15, 0.2) is 24.3 Å². The monoisotopic (exact) mass is 374 g/mol. The number of benzene rings is 1. The van der Waals surface area contributed by atoms with Crippen molar-refractivity contribution < 1.29 is 23.9 Å². The predicted molar refractivity (Wildman–Crippen MR) is 96.6 cm³/mol. The van der Waals surface area contributed by atoms with Crippen molar-refractivity contribution in [1.29, 1.82) is 5.26 Å². The maximum absolute atomic E-state index is 12.1. The Kier molecular flexibility index (Phi) is 7.48. The highest BCUT2D eigenvalue weighted by Crippen LogP contribution is 2.12. The maximum Gasteiger partial charge on any atom is 0.338 e. The standard InChI is InChI=1S/C18H22N4O5/c1-11(15(24)21-17(26)22-18(2,3)4)27-16(25)12-5-7-13(8-6-12)20-14(23)9-10-19/h5-8,11H,9H2,1-4H3,(H,20,23)(H2,21,22,24,26). The van der Waals surface area contributed by atoms with Gasteiger partial charge in [0.1, 0.15) is 6.42 Å². The van der Waals surface area contributed by atoms with Crippen LogP contribution in [0.2, 0.25) is 0 Å². The third kappa shape index (κ3) is 8.00. The molecule has 0 saturated heterocycles. The van der Waals surface area contributed by atoms with Crippen LogP contribution in [0.25, 0.3) is 0 Å². The second-order valence-electron chi connectivity index (χ2n) is 6.70. The summed E-state index contributed by atoms with van der Waals surface area (Å²) >= 11 is 0. The third-order valence-electron chi connectivity index (χ3n) is 3.02. The molecular formula is C18H22N4O5. The number of urea groups is 1. The number of amides is 4. The van der Waals surface area contributed by atoms with Crippen molar-refractivity contribution in [3.05, 3.63) is 29.8 Å². The van der Waals surface area contributed by atoms with E-state index in [4.69, 9.17) is 10.00 Å². The fourth-order valence-electron chi connectivity index (χ4n) is 1.83. The Labute approximate surface area is 157 Å². The van der Waals surface area contributed by atoms with E-state index in [1.54, 1.807) is 26.8 Å². The van der Waals surface area contributed by atoms with Gasteiger partial charge in [0.15, 0.2) is 6.10 Å². The Morgan fingerprint density at radius 1 is 1.15 bits per heavy atom. The summed E-state index contributed by atoms with van der Waals surface area (Å²) < 4.78 is 5.03. The van der Waals surface area contributed by atoms with Crippen LogP contribution >= 0.6 is 0 Å². The zero-order valence-corrected chi connectivity index (χ0v) is 15.6. The van der Waals surface area contributed by atoms with Gasteiger partial charge in [-0.3, -0.25) is 14.9 Å². The van der Waals surface area contributed by atoms with Crippen LogP contribution in [0, 0.1) is 11.3 Å². The Bertz CT molecular complexity index is 759. The molecule has 0 saturated carbocycles. The largest absolute Gasteiger partial charge is 0.449 e. The number of nitrogens with one attached hydrogen (secondary N) is 3. The van der Waals surface area contributed by atoms with Crippen molar-refractivity contribution in [2.24, 2.45) is 0 Å². The smallest absolute Gasteiger partial charge is 0.338 e. The first-order chi connectivity index (χ1) is 12.5. The van der Waals surface area contributed by atoms with Crippen LogP contribution in [0.3, 0.4) is 0 Å². The lowest BCUT2D eigenvalue weighted by molar-refractivity contribution is -0.128. The molecule has 0 aliphatic heterocycles. The van der Waals surface area contributed by atoms with E-state index in [2.05, 4.69) is 16.0 Å². The number of hydrogen-bond donors (Lipinski definition) is 3. The Morgan fingerprint density at radius 3 is 2.26 bits per heavy atom. The molecule has 9 nitrogen and oxygen atoms in total. The lowest BCUT2D eigenvalue weighted by Crippen LogP contribution is -2.50. The quantitative estimate of drug-likeness (QED) is 0.671. The molecule has 3 N–H and O–H groups in total. The molecule has 0 aromatic heterocycles. The summed E-state index contributed by atoms with van der Waals surface area (Å²) in [7, 11) is 0. The molecule has 27 heavy (non-hydrogen) atoms. The average Bonchev–Trinajstić information content (AvgIpc) is 2.53. The van der Waals surface area contributed by atoms with Gasteiger partial charge in [-0.25, -0.2) is 9.59 Å². The van der Waals surface area contributed by atoms with E-state index in [1.807, 2.05) is 0 Å². The van der Waals surface area contributed by atoms with Crippen molar-refractivity contribution in [2.45, 2.75) is 45.8 Å². The molecule has 0 heterocycles. The Morgan fingerprint density at radius 2 is 1.74 bits per heavy atom. The molecule has 4 amide bonds. The fraction of sp³-hybridized carbons (Fsp3) is 0.389. The van der Waals surface area contributed by atoms with Crippen molar-refractivity contribution in [3.63, 3.8) is 0 Å². The molecule has 1 aromatic rings. The van der Waals surface area contributed by atoms with Gasteiger partial charge < -0.3 is 15.4 Å². The zero-order chi connectivity index (χ0) is 20.6. The molecule has 144 valence electrons. The number of ether oxygens (including phenoxy) is 1. The summed E-state index contributed by atoms with van der Waals surface area (Å²) in [6.45, 7) is 6.61. The van der Waals surface area contributed by atoms with Crippen molar-refractivity contribution in [1.82, 2.24) is 10.6 Å². The lowest BCUT2D eigenvalue weighted by atomic mass is 10.1. The number of imide groups is 1. The molecule has 1 rings (SSSR count). The van der Waals surface area contributed by atoms with Gasteiger partial charge >= 0.3 is 12.0 Å². The SMILES string of the molecule is CC(OC(=O)c1ccc(NC(=O)CC#N)cc1)C(=O)NC(=O)NC(C)(C)C. The molecule has 0 fully saturated rings. The molecule has 0 radical (unpaired) electrons. The minimum absolute atomic E-state index is 0.159. The number of rotatable bonds is 5. The minimum Gasteiger partial charge on any atom is -0.449 e. The van der Waals surface area contributed by atoms with Crippen LogP contribution in [0.4, 0.5) is 10.5 Å². The van der Waals surface area contributed by atoms with Gasteiger partial charge in [-0.2, -0.15) is 5.26 Å².